The molecule has 0 radical (unpaired) electrons. The Hall–Kier alpha value is -0.610. The third-order valence-corrected chi connectivity index (χ3v) is 2.22. The Morgan fingerprint density at radius 2 is 1.86 bits per heavy atom. The highest BCUT2D eigenvalue weighted by Gasteiger charge is 2.09. The van der Waals surface area contributed by atoms with Crippen LogP contribution in [0, 0.1) is 0 Å². The minimum atomic E-state index is 0.420. The molecule has 4 nitrogen and oxygen atoms in total. The molecule has 0 unspecified atom stereocenters. The normalized spacial score (nSPS) is 17.1. The molecule has 1 rings (SSSR count). The lowest BCUT2D eigenvalue weighted by molar-refractivity contribution is -0.110. The molecule has 0 bridgehead atoms. The predicted octanol–water partition coefficient (Wildman–Crippen LogP) is 0.0986. The quantitative estimate of drug-likeness (QED) is 0.568. The molecule has 0 aromatic rings. The SMILES string of the molecule is CNC(C)C.O=CNC1CCNCC1. The summed E-state index contributed by atoms with van der Waals surface area (Å²) in [5.74, 6) is 0. The molecular weight excluding hydrogens is 178 g/mol. The number of carbonyl (C=O) groups excluding carboxylic acids is 1. The summed E-state index contributed by atoms with van der Waals surface area (Å²) >= 11 is 0. The highest BCUT2D eigenvalue weighted by Crippen LogP contribution is 1.99. The van der Waals surface area contributed by atoms with E-state index < -0.39 is 0 Å². The van der Waals surface area contributed by atoms with Crippen LogP contribution in [0.1, 0.15) is 26.7 Å². The second-order valence-electron chi connectivity index (χ2n) is 3.75. The van der Waals surface area contributed by atoms with Gasteiger partial charge in [-0.1, -0.05) is 13.8 Å². The second kappa shape index (κ2) is 8.97. The van der Waals surface area contributed by atoms with E-state index in [9.17, 15) is 4.79 Å². The third-order valence-electron chi connectivity index (χ3n) is 2.22. The van der Waals surface area contributed by atoms with Crippen molar-refractivity contribution in [1.29, 1.82) is 0 Å². The van der Waals surface area contributed by atoms with E-state index in [-0.39, 0.29) is 0 Å². The van der Waals surface area contributed by atoms with Gasteiger partial charge in [-0.2, -0.15) is 0 Å². The van der Waals surface area contributed by atoms with Gasteiger partial charge in [0, 0.05) is 12.1 Å². The van der Waals surface area contributed by atoms with E-state index in [4.69, 9.17) is 0 Å². The topological polar surface area (TPSA) is 53.2 Å². The van der Waals surface area contributed by atoms with Gasteiger partial charge in [-0.3, -0.25) is 4.79 Å². The Kier molecular flexibility index (Phi) is 8.57. The molecule has 0 atom stereocenters. The molecule has 0 saturated carbocycles. The van der Waals surface area contributed by atoms with E-state index in [0.717, 1.165) is 32.3 Å². The molecule has 1 heterocycles. The molecule has 0 aromatic heterocycles. The number of piperidine rings is 1. The summed E-state index contributed by atoms with van der Waals surface area (Å²) in [4.78, 5) is 9.94. The van der Waals surface area contributed by atoms with Crippen molar-refractivity contribution in [2.24, 2.45) is 0 Å². The lowest BCUT2D eigenvalue weighted by atomic mass is 10.1. The summed E-state index contributed by atoms with van der Waals surface area (Å²) in [6, 6.07) is 1.05. The number of amides is 1. The molecule has 4 heteroatoms. The molecule has 14 heavy (non-hydrogen) atoms. The van der Waals surface area contributed by atoms with E-state index >= 15 is 0 Å². The van der Waals surface area contributed by atoms with Gasteiger partial charge >= 0.3 is 0 Å². The highest BCUT2D eigenvalue weighted by molar-refractivity contribution is 5.46. The van der Waals surface area contributed by atoms with Crippen molar-refractivity contribution in [1.82, 2.24) is 16.0 Å². The lowest BCUT2D eigenvalue weighted by Crippen LogP contribution is -2.39. The lowest BCUT2D eigenvalue weighted by Gasteiger charge is -2.21. The van der Waals surface area contributed by atoms with E-state index in [1.807, 2.05) is 7.05 Å². The molecule has 84 valence electrons. The Morgan fingerprint density at radius 1 is 1.36 bits per heavy atom. The number of nitrogens with one attached hydrogen (secondary N) is 3. The third kappa shape index (κ3) is 8.01. The predicted molar refractivity (Wildman–Crippen MR) is 59.3 cm³/mol. The van der Waals surface area contributed by atoms with Crippen molar-refractivity contribution in [2.75, 3.05) is 20.1 Å². The monoisotopic (exact) mass is 201 g/mol. The number of hydrogen-bond donors (Lipinski definition) is 3. The number of carbonyl (C=O) groups is 1. The van der Waals surface area contributed by atoms with Crippen molar-refractivity contribution >= 4 is 6.41 Å². The van der Waals surface area contributed by atoms with Gasteiger partial charge in [0.1, 0.15) is 0 Å². The Labute approximate surface area is 86.8 Å². The van der Waals surface area contributed by atoms with Gasteiger partial charge in [-0.05, 0) is 33.0 Å². The van der Waals surface area contributed by atoms with Crippen LogP contribution in [-0.2, 0) is 4.79 Å². The summed E-state index contributed by atoms with van der Waals surface area (Å²) in [6.07, 6.45) is 2.92. The minimum Gasteiger partial charge on any atom is -0.356 e. The maximum Gasteiger partial charge on any atom is 0.207 e. The van der Waals surface area contributed by atoms with Crippen LogP contribution in [0.15, 0.2) is 0 Å². The fourth-order valence-electron chi connectivity index (χ4n) is 1.08. The fourth-order valence-corrected chi connectivity index (χ4v) is 1.08. The number of rotatable bonds is 3. The van der Waals surface area contributed by atoms with E-state index in [1.54, 1.807) is 0 Å². The molecule has 1 aliphatic heterocycles. The van der Waals surface area contributed by atoms with Crippen molar-refractivity contribution < 1.29 is 4.79 Å². The van der Waals surface area contributed by atoms with Gasteiger partial charge in [-0.15, -0.1) is 0 Å². The van der Waals surface area contributed by atoms with Crippen molar-refractivity contribution in [3.63, 3.8) is 0 Å². The molecule has 3 N–H and O–H groups in total. The molecule has 1 saturated heterocycles. The van der Waals surface area contributed by atoms with Gasteiger partial charge in [0.05, 0.1) is 0 Å². The van der Waals surface area contributed by atoms with Gasteiger partial charge in [0.2, 0.25) is 6.41 Å². The first-order valence-electron chi connectivity index (χ1n) is 5.28. The fraction of sp³-hybridized carbons (Fsp3) is 0.900. The second-order valence-corrected chi connectivity index (χ2v) is 3.75. The van der Waals surface area contributed by atoms with Gasteiger partial charge < -0.3 is 16.0 Å². The maximum atomic E-state index is 9.94. The van der Waals surface area contributed by atoms with Crippen molar-refractivity contribution in [2.45, 2.75) is 38.8 Å². The maximum absolute atomic E-state index is 9.94. The number of hydrogen-bond acceptors (Lipinski definition) is 3. The van der Waals surface area contributed by atoms with E-state index in [0.29, 0.717) is 12.1 Å². The molecular formula is C10H23N3O. The van der Waals surface area contributed by atoms with Crippen molar-refractivity contribution in [3.8, 4) is 0 Å². The highest BCUT2D eigenvalue weighted by atomic mass is 16.1. The summed E-state index contributed by atoms with van der Waals surface area (Å²) in [5, 5.41) is 9.01. The van der Waals surface area contributed by atoms with Crippen LogP contribution in [0.3, 0.4) is 0 Å². The summed E-state index contributed by atoms with van der Waals surface area (Å²) in [5.41, 5.74) is 0. The molecule has 1 aliphatic rings. The van der Waals surface area contributed by atoms with Gasteiger partial charge in [-0.25, -0.2) is 0 Å². The van der Waals surface area contributed by atoms with Crippen LogP contribution in [-0.4, -0.2) is 38.6 Å². The zero-order valence-corrected chi connectivity index (χ0v) is 9.47. The van der Waals surface area contributed by atoms with Crippen LogP contribution < -0.4 is 16.0 Å². The zero-order chi connectivity index (χ0) is 10.8. The van der Waals surface area contributed by atoms with Gasteiger partial charge in [0.25, 0.3) is 0 Å². The molecule has 0 aromatic carbocycles. The summed E-state index contributed by atoms with van der Waals surface area (Å²) < 4.78 is 0. The van der Waals surface area contributed by atoms with Crippen LogP contribution in [0.2, 0.25) is 0 Å². The van der Waals surface area contributed by atoms with Crippen LogP contribution in [0.4, 0.5) is 0 Å². The van der Waals surface area contributed by atoms with E-state index in [2.05, 4.69) is 29.8 Å². The zero-order valence-electron chi connectivity index (χ0n) is 9.47. The van der Waals surface area contributed by atoms with Crippen molar-refractivity contribution in [3.05, 3.63) is 0 Å². The summed E-state index contributed by atoms with van der Waals surface area (Å²) in [7, 11) is 1.95. The first kappa shape index (κ1) is 13.4. The molecule has 1 fully saturated rings. The first-order chi connectivity index (χ1) is 6.70. The Bertz CT molecular complexity index is 133. The first-order valence-corrected chi connectivity index (χ1v) is 5.28. The smallest absolute Gasteiger partial charge is 0.207 e. The minimum absolute atomic E-state index is 0.420. The van der Waals surface area contributed by atoms with Crippen LogP contribution >= 0.6 is 0 Å². The standard InChI is InChI=1S/C6H12N2O.C4H11N/c9-5-8-6-1-3-7-4-2-6;1-4(2)5-3/h5-7H,1-4H2,(H,8,9);4-5H,1-3H3. The van der Waals surface area contributed by atoms with Gasteiger partial charge in [0.15, 0.2) is 0 Å². The summed E-state index contributed by atoms with van der Waals surface area (Å²) in [6.45, 7) is 6.29. The molecule has 0 aliphatic carbocycles. The molecule has 0 spiro atoms. The molecule has 1 amide bonds. The Balaban J connectivity index is 0.000000292. The Morgan fingerprint density at radius 3 is 2.21 bits per heavy atom. The average Bonchev–Trinajstić information content (AvgIpc) is 2.21. The average molecular weight is 201 g/mol. The van der Waals surface area contributed by atoms with Crippen LogP contribution in [0.5, 0.6) is 0 Å². The largest absolute Gasteiger partial charge is 0.356 e. The van der Waals surface area contributed by atoms with E-state index in [1.165, 1.54) is 0 Å². The van der Waals surface area contributed by atoms with Crippen LogP contribution in [0.25, 0.3) is 0 Å².